The van der Waals surface area contributed by atoms with Crippen molar-refractivity contribution in [1.82, 2.24) is 0 Å². The van der Waals surface area contributed by atoms with E-state index in [4.69, 9.17) is 28.4 Å². The number of ether oxygens (including phenoxy) is 6. The van der Waals surface area contributed by atoms with Crippen molar-refractivity contribution in [3.05, 3.63) is 161 Å². The van der Waals surface area contributed by atoms with Gasteiger partial charge >= 0.3 is 0 Å². The summed E-state index contributed by atoms with van der Waals surface area (Å²) in [6.45, 7) is 1.66. The number of nitrogens with zero attached hydrogens (tertiary/aromatic N) is 1. The molecule has 0 radical (unpaired) electrons. The number of fused-ring (bicyclic) bond motifs is 3. The van der Waals surface area contributed by atoms with E-state index < -0.39 is 0 Å². The van der Waals surface area contributed by atoms with Gasteiger partial charge in [-0.1, -0.05) is 97.1 Å². The average Bonchev–Trinajstić information content (AvgIpc) is 3.90. The summed E-state index contributed by atoms with van der Waals surface area (Å²) in [5, 5.41) is 0. The summed E-state index contributed by atoms with van der Waals surface area (Å²) in [6.07, 6.45) is 12.6. The number of para-hydroxylation sites is 1. The largest absolute Gasteiger partial charge is 0.486 e. The van der Waals surface area contributed by atoms with Crippen molar-refractivity contribution >= 4 is 53.5 Å². The van der Waals surface area contributed by atoms with E-state index in [0.29, 0.717) is 13.2 Å². The lowest BCUT2D eigenvalue weighted by Crippen LogP contribution is -2.15. The van der Waals surface area contributed by atoms with E-state index in [2.05, 4.69) is 114 Å². The molecule has 7 heteroatoms. The van der Waals surface area contributed by atoms with Crippen LogP contribution in [0.1, 0.15) is 33.4 Å². The minimum atomic E-state index is 0.249. The zero-order valence-corrected chi connectivity index (χ0v) is 28.8. The van der Waals surface area contributed by atoms with Gasteiger partial charge < -0.3 is 33.3 Å². The fourth-order valence-electron chi connectivity index (χ4n) is 6.49. The molecule has 9 rings (SSSR count). The summed E-state index contributed by atoms with van der Waals surface area (Å²) in [6, 6.07) is 43.7. The van der Waals surface area contributed by atoms with Gasteiger partial charge in [-0.15, -0.1) is 0 Å². The van der Waals surface area contributed by atoms with Gasteiger partial charge in [0.1, 0.15) is 13.2 Å². The van der Waals surface area contributed by atoms with E-state index in [1.165, 1.54) is 0 Å². The normalized spacial score (nSPS) is 14.0. The Morgan fingerprint density at radius 1 is 0.358 bits per heavy atom. The molecule has 0 aliphatic carbocycles. The molecule has 0 saturated heterocycles. The minimum Gasteiger partial charge on any atom is -0.486 e. The van der Waals surface area contributed by atoms with Gasteiger partial charge in [0.25, 0.3) is 0 Å². The molecule has 3 aliphatic heterocycles. The molecule has 3 heterocycles. The molecule has 0 N–H and O–H groups in total. The van der Waals surface area contributed by atoms with E-state index in [-0.39, 0.29) is 13.6 Å². The summed E-state index contributed by atoms with van der Waals surface area (Å²) in [5.41, 5.74) is 9.49. The molecular formula is C46H35NO6. The first-order valence-electron chi connectivity index (χ1n) is 17.5. The molecule has 53 heavy (non-hydrogen) atoms. The SMILES string of the molecule is C(=C\c1ccc2c(c1)OCCO2)/c1ccc(N(c2ccc(/C=C/c3ccc4c(c3)OCO4)cc2)c2ccc(/C=C/c3cccc4c3OCO4)cc2)cc1. The summed E-state index contributed by atoms with van der Waals surface area (Å²) in [5.74, 6) is 4.69. The van der Waals surface area contributed by atoms with E-state index in [1.807, 2.05) is 54.6 Å². The predicted molar refractivity (Wildman–Crippen MR) is 210 cm³/mol. The molecule has 6 aromatic carbocycles. The lowest BCUT2D eigenvalue weighted by Gasteiger charge is -2.26. The Bertz CT molecular complexity index is 2340. The third kappa shape index (κ3) is 7.05. The highest BCUT2D eigenvalue weighted by atomic mass is 16.7. The summed E-state index contributed by atoms with van der Waals surface area (Å²) >= 11 is 0. The smallest absolute Gasteiger partial charge is 0.231 e. The molecule has 7 nitrogen and oxygen atoms in total. The van der Waals surface area contributed by atoms with Crippen molar-refractivity contribution in [3.63, 3.8) is 0 Å². The first kappa shape index (κ1) is 32.1. The maximum absolute atomic E-state index is 5.76. The Balaban J connectivity index is 0.977. The zero-order chi connectivity index (χ0) is 35.4. The van der Waals surface area contributed by atoms with E-state index in [0.717, 1.165) is 84.9 Å². The van der Waals surface area contributed by atoms with Crippen LogP contribution in [0.15, 0.2) is 127 Å². The van der Waals surface area contributed by atoms with Gasteiger partial charge in [0.2, 0.25) is 13.6 Å². The quantitative estimate of drug-likeness (QED) is 0.139. The highest BCUT2D eigenvalue weighted by molar-refractivity contribution is 5.81. The van der Waals surface area contributed by atoms with Crippen LogP contribution in [0.5, 0.6) is 34.5 Å². The molecule has 3 aliphatic rings. The van der Waals surface area contributed by atoms with Crippen molar-refractivity contribution in [2.45, 2.75) is 0 Å². The molecule has 0 saturated carbocycles. The Labute approximate surface area is 308 Å². The number of hydrogen-bond donors (Lipinski definition) is 0. The first-order chi connectivity index (χ1) is 26.2. The second-order valence-electron chi connectivity index (χ2n) is 12.7. The molecule has 6 aromatic rings. The lowest BCUT2D eigenvalue weighted by molar-refractivity contribution is 0.171. The monoisotopic (exact) mass is 697 g/mol. The highest BCUT2D eigenvalue weighted by Gasteiger charge is 2.17. The fraction of sp³-hybridized carbons (Fsp3) is 0.0870. The average molecular weight is 698 g/mol. The molecule has 0 amide bonds. The summed E-state index contributed by atoms with van der Waals surface area (Å²) in [7, 11) is 0. The third-order valence-electron chi connectivity index (χ3n) is 9.24. The van der Waals surface area contributed by atoms with Gasteiger partial charge in [-0.2, -0.15) is 0 Å². The predicted octanol–water partition coefficient (Wildman–Crippen LogP) is 10.9. The third-order valence-corrected chi connectivity index (χ3v) is 9.24. The Kier molecular flexibility index (Phi) is 8.72. The first-order valence-corrected chi connectivity index (χ1v) is 17.5. The summed E-state index contributed by atoms with van der Waals surface area (Å²) < 4.78 is 33.7. The van der Waals surface area contributed by atoms with Gasteiger partial charge in [0.05, 0.1) is 0 Å². The number of benzene rings is 6. The van der Waals surface area contributed by atoms with Crippen LogP contribution in [0.25, 0.3) is 36.5 Å². The van der Waals surface area contributed by atoms with Crippen LogP contribution in [0.2, 0.25) is 0 Å². The zero-order valence-electron chi connectivity index (χ0n) is 28.8. The van der Waals surface area contributed by atoms with Crippen molar-refractivity contribution in [1.29, 1.82) is 0 Å². The number of anilines is 3. The lowest BCUT2D eigenvalue weighted by atomic mass is 10.1. The van der Waals surface area contributed by atoms with Crippen LogP contribution in [0, 0.1) is 0 Å². The highest BCUT2D eigenvalue weighted by Crippen LogP contribution is 2.38. The number of hydrogen-bond acceptors (Lipinski definition) is 7. The molecule has 0 unspecified atom stereocenters. The topological polar surface area (TPSA) is 58.6 Å². The standard InChI is InChI=1S/C46H35NO6/c1-2-37(46-43(3-1)51-31-53-46)17-8-34-13-22-40(23-14-34)47(39-20-11-33(12-21-39)5-7-36-16-25-42-45(29-36)52-30-50-42)38-18-9-32(10-19-38)4-6-35-15-24-41-44(28-35)49-27-26-48-41/h1-25,28-29H,26-27,30-31H2/b6-4+,7-5+,17-8+. The van der Waals surface area contributed by atoms with E-state index in [1.54, 1.807) is 0 Å². The van der Waals surface area contributed by atoms with Crippen LogP contribution in [0.3, 0.4) is 0 Å². The van der Waals surface area contributed by atoms with Gasteiger partial charge in [0.15, 0.2) is 34.5 Å². The van der Waals surface area contributed by atoms with Gasteiger partial charge in [-0.3, -0.25) is 0 Å². The van der Waals surface area contributed by atoms with Crippen LogP contribution in [-0.2, 0) is 0 Å². The fourth-order valence-corrected chi connectivity index (χ4v) is 6.49. The van der Waals surface area contributed by atoms with E-state index >= 15 is 0 Å². The second-order valence-corrected chi connectivity index (χ2v) is 12.7. The molecule has 0 fully saturated rings. The summed E-state index contributed by atoms with van der Waals surface area (Å²) in [4.78, 5) is 2.27. The van der Waals surface area contributed by atoms with Crippen LogP contribution < -0.4 is 33.3 Å². The molecule has 0 bridgehead atoms. The van der Waals surface area contributed by atoms with Crippen LogP contribution in [0.4, 0.5) is 17.1 Å². The Morgan fingerprint density at radius 3 is 1.40 bits per heavy atom. The van der Waals surface area contributed by atoms with Crippen LogP contribution >= 0.6 is 0 Å². The molecule has 0 atom stereocenters. The van der Waals surface area contributed by atoms with E-state index in [9.17, 15) is 0 Å². The molecule has 0 spiro atoms. The van der Waals surface area contributed by atoms with Crippen molar-refractivity contribution in [2.75, 3.05) is 31.7 Å². The molecule has 0 aromatic heterocycles. The van der Waals surface area contributed by atoms with Gasteiger partial charge in [-0.25, -0.2) is 0 Å². The number of rotatable bonds is 9. The van der Waals surface area contributed by atoms with Gasteiger partial charge in [0, 0.05) is 22.6 Å². The maximum atomic E-state index is 5.76. The Hall–Kier alpha value is -6.86. The molecule has 260 valence electrons. The Morgan fingerprint density at radius 2 is 0.792 bits per heavy atom. The maximum Gasteiger partial charge on any atom is 0.231 e. The second kappa shape index (κ2) is 14.4. The van der Waals surface area contributed by atoms with Gasteiger partial charge in [-0.05, 0) is 94.5 Å². The van der Waals surface area contributed by atoms with Crippen molar-refractivity contribution in [3.8, 4) is 34.5 Å². The van der Waals surface area contributed by atoms with Crippen molar-refractivity contribution < 1.29 is 28.4 Å². The van der Waals surface area contributed by atoms with Crippen LogP contribution in [-0.4, -0.2) is 26.8 Å². The van der Waals surface area contributed by atoms with Crippen molar-refractivity contribution in [2.24, 2.45) is 0 Å². The molecular weight excluding hydrogens is 663 g/mol. The minimum absolute atomic E-state index is 0.249.